The summed E-state index contributed by atoms with van der Waals surface area (Å²) < 4.78 is 0. The fourth-order valence-electron chi connectivity index (χ4n) is 1.73. The van der Waals surface area contributed by atoms with Gasteiger partial charge in [-0.2, -0.15) is 0 Å². The van der Waals surface area contributed by atoms with E-state index in [1.807, 2.05) is 11.6 Å². The average Bonchev–Trinajstić information content (AvgIpc) is 2.81. The number of hydrogen-bond acceptors (Lipinski definition) is 4. The quantitative estimate of drug-likeness (QED) is 0.666. The monoisotopic (exact) mass is 255 g/mol. The van der Waals surface area contributed by atoms with E-state index in [1.54, 1.807) is 11.3 Å². The number of hydrogen-bond donors (Lipinski definition) is 2. The molecule has 0 bridgehead atoms. The maximum absolute atomic E-state index is 4.37. The van der Waals surface area contributed by atoms with Crippen molar-refractivity contribution in [3.05, 3.63) is 16.6 Å². The SMILES string of the molecule is CCC(NCCCCNC(C)C)c1nccs1. The minimum absolute atomic E-state index is 0.438. The molecule has 98 valence electrons. The van der Waals surface area contributed by atoms with E-state index in [2.05, 4.69) is 36.4 Å². The summed E-state index contributed by atoms with van der Waals surface area (Å²) in [4.78, 5) is 4.37. The fraction of sp³-hybridized carbons (Fsp3) is 0.769. The Balaban J connectivity index is 2.08. The molecule has 1 rings (SSSR count). The molecule has 0 radical (unpaired) electrons. The molecule has 0 saturated carbocycles. The van der Waals surface area contributed by atoms with Crippen molar-refractivity contribution >= 4 is 11.3 Å². The van der Waals surface area contributed by atoms with E-state index in [0.717, 1.165) is 19.5 Å². The van der Waals surface area contributed by atoms with Gasteiger partial charge in [-0.15, -0.1) is 11.3 Å². The van der Waals surface area contributed by atoms with E-state index in [9.17, 15) is 0 Å². The highest BCUT2D eigenvalue weighted by atomic mass is 32.1. The van der Waals surface area contributed by atoms with Crippen molar-refractivity contribution in [3.63, 3.8) is 0 Å². The molecule has 0 aromatic carbocycles. The molecule has 3 nitrogen and oxygen atoms in total. The summed E-state index contributed by atoms with van der Waals surface area (Å²) in [6, 6.07) is 1.04. The van der Waals surface area contributed by atoms with Gasteiger partial charge >= 0.3 is 0 Å². The molecule has 17 heavy (non-hydrogen) atoms. The first-order valence-electron chi connectivity index (χ1n) is 6.60. The Morgan fingerprint density at radius 1 is 1.24 bits per heavy atom. The van der Waals surface area contributed by atoms with Crippen molar-refractivity contribution in [3.8, 4) is 0 Å². The molecule has 2 N–H and O–H groups in total. The van der Waals surface area contributed by atoms with Crippen LogP contribution in [0.5, 0.6) is 0 Å². The largest absolute Gasteiger partial charge is 0.315 e. The predicted molar refractivity (Wildman–Crippen MR) is 75.5 cm³/mol. The maximum atomic E-state index is 4.37. The zero-order valence-corrected chi connectivity index (χ0v) is 12.0. The molecule has 1 atom stereocenters. The lowest BCUT2D eigenvalue weighted by molar-refractivity contribution is 0.487. The van der Waals surface area contributed by atoms with Crippen LogP contribution >= 0.6 is 11.3 Å². The number of nitrogens with zero attached hydrogens (tertiary/aromatic N) is 1. The minimum Gasteiger partial charge on any atom is -0.315 e. The maximum Gasteiger partial charge on any atom is 0.109 e. The first kappa shape index (κ1) is 14.6. The van der Waals surface area contributed by atoms with Crippen LogP contribution in [0, 0.1) is 0 Å². The highest BCUT2D eigenvalue weighted by Crippen LogP contribution is 2.18. The molecule has 0 fully saturated rings. The lowest BCUT2D eigenvalue weighted by Crippen LogP contribution is -2.25. The van der Waals surface area contributed by atoms with Gasteiger partial charge in [0.1, 0.15) is 5.01 Å². The highest BCUT2D eigenvalue weighted by molar-refractivity contribution is 7.09. The Hall–Kier alpha value is -0.450. The first-order chi connectivity index (χ1) is 8.24. The van der Waals surface area contributed by atoms with Gasteiger partial charge in [-0.05, 0) is 32.4 Å². The van der Waals surface area contributed by atoms with Gasteiger partial charge in [-0.25, -0.2) is 4.98 Å². The van der Waals surface area contributed by atoms with Crippen LogP contribution in [0.3, 0.4) is 0 Å². The summed E-state index contributed by atoms with van der Waals surface area (Å²) in [6.07, 6.45) is 5.45. The van der Waals surface area contributed by atoms with E-state index >= 15 is 0 Å². The molecule has 1 aromatic heterocycles. The molecule has 4 heteroatoms. The molecule has 0 amide bonds. The molecule has 0 aliphatic heterocycles. The van der Waals surface area contributed by atoms with Gasteiger partial charge in [-0.3, -0.25) is 0 Å². The van der Waals surface area contributed by atoms with Crippen LogP contribution in [0.4, 0.5) is 0 Å². The predicted octanol–water partition coefficient (Wildman–Crippen LogP) is 2.96. The van der Waals surface area contributed by atoms with Crippen molar-refractivity contribution in [1.29, 1.82) is 0 Å². The first-order valence-corrected chi connectivity index (χ1v) is 7.48. The summed E-state index contributed by atoms with van der Waals surface area (Å²) in [7, 11) is 0. The molecule has 0 spiro atoms. The molecule has 0 aliphatic rings. The van der Waals surface area contributed by atoms with E-state index in [4.69, 9.17) is 0 Å². The van der Waals surface area contributed by atoms with Gasteiger partial charge in [0.15, 0.2) is 0 Å². The number of aromatic nitrogens is 1. The smallest absolute Gasteiger partial charge is 0.109 e. The van der Waals surface area contributed by atoms with Gasteiger partial charge in [0.05, 0.1) is 6.04 Å². The van der Waals surface area contributed by atoms with E-state index < -0.39 is 0 Å². The summed E-state index contributed by atoms with van der Waals surface area (Å²) in [6.45, 7) is 8.78. The van der Waals surface area contributed by atoms with Crippen LogP contribution in [0.25, 0.3) is 0 Å². The van der Waals surface area contributed by atoms with Crippen molar-refractivity contribution in [2.24, 2.45) is 0 Å². The zero-order chi connectivity index (χ0) is 12.5. The summed E-state index contributed by atoms with van der Waals surface area (Å²) >= 11 is 1.74. The second-order valence-electron chi connectivity index (χ2n) is 4.60. The summed E-state index contributed by atoms with van der Waals surface area (Å²) in [5, 5.41) is 10.3. The van der Waals surface area contributed by atoms with Crippen molar-refractivity contribution in [2.75, 3.05) is 13.1 Å². The third-order valence-corrected chi connectivity index (χ3v) is 3.59. The Morgan fingerprint density at radius 2 is 1.94 bits per heavy atom. The number of rotatable bonds is 9. The molecule has 0 saturated heterocycles. The van der Waals surface area contributed by atoms with Gasteiger partial charge in [0.25, 0.3) is 0 Å². The minimum atomic E-state index is 0.438. The van der Waals surface area contributed by atoms with Crippen molar-refractivity contribution < 1.29 is 0 Å². The van der Waals surface area contributed by atoms with Crippen LogP contribution in [0.1, 0.15) is 51.1 Å². The zero-order valence-electron chi connectivity index (χ0n) is 11.2. The fourth-order valence-corrected chi connectivity index (χ4v) is 2.53. The van der Waals surface area contributed by atoms with Crippen LogP contribution in [-0.4, -0.2) is 24.1 Å². The third kappa shape index (κ3) is 6.15. The Bertz CT molecular complexity index is 272. The topological polar surface area (TPSA) is 37.0 Å². The normalized spacial score (nSPS) is 13.2. The van der Waals surface area contributed by atoms with Gasteiger partial charge < -0.3 is 10.6 Å². The van der Waals surface area contributed by atoms with Crippen LogP contribution in [-0.2, 0) is 0 Å². The third-order valence-electron chi connectivity index (χ3n) is 2.70. The van der Waals surface area contributed by atoms with Crippen LogP contribution in [0.2, 0.25) is 0 Å². The summed E-state index contributed by atoms with van der Waals surface area (Å²) in [5.74, 6) is 0. The van der Waals surface area contributed by atoms with Crippen molar-refractivity contribution in [1.82, 2.24) is 15.6 Å². The number of unbranched alkanes of at least 4 members (excludes halogenated alkanes) is 1. The van der Waals surface area contributed by atoms with Gasteiger partial charge in [-0.1, -0.05) is 20.8 Å². The van der Waals surface area contributed by atoms with Gasteiger partial charge in [0, 0.05) is 17.6 Å². The van der Waals surface area contributed by atoms with Gasteiger partial charge in [0.2, 0.25) is 0 Å². The Labute approximate surface area is 109 Å². The standard InChI is InChI=1S/C13H25N3S/c1-4-12(13-16-9-10-17-13)15-8-6-5-7-14-11(2)3/h9-12,14-15H,4-8H2,1-3H3. The van der Waals surface area contributed by atoms with Crippen LogP contribution < -0.4 is 10.6 Å². The summed E-state index contributed by atoms with van der Waals surface area (Å²) in [5.41, 5.74) is 0. The molecule has 1 unspecified atom stereocenters. The van der Waals surface area contributed by atoms with Crippen LogP contribution in [0.15, 0.2) is 11.6 Å². The molecule has 1 aromatic rings. The molecule has 0 aliphatic carbocycles. The lowest BCUT2D eigenvalue weighted by Gasteiger charge is -2.14. The lowest BCUT2D eigenvalue weighted by atomic mass is 10.2. The Morgan fingerprint density at radius 3 is 2.47 bits per heavy atom. The molecule has 1 heterocycles. The van der Waals surface area contributed by atoms with E-state index in [-0.39, 0.29) is 0 Å². The average molecular weight is 255 g/mol. The molecular weight excluding hydrogens is 230 g/mol. The second kappa shape index (κ2) is 8.61. The van der Waals surface area contributed by atoms with E-state index in [1.165, 1.54) is 17.8 Å². The molecular formula is C13H25N3S. The number of thiazole rings is 1. The number of nitrogens with one attached hydrogen (secondary N) is 2. The highest BCUT2D eigenvalue weighted by Gasteiger charge is 2.09. The second-order valence-corrected chi connectivity index (χ2v) is 5.53. The van der Waals surface area contributed by atoms with Crippen molar-refractivity contribution in [2.45, 2.75) is 52.1 Å². The Kier molecular flexibility index (Phi) is 7.40. The van der Waals surface area contributed by atoms with E-state index in [0.29, 0.717) is 12.1 Å².